The second-order valence-corrected chi connectivity index (χ2v) is 6.30. The molecule has 142 valence electrons. The van der Waals surface area contributed by atoms with Crippen molar-refractivity contribution in [2.24, 2.45) is 11.8 Å². The number of benzene rings is 1. The first-order valence-corrected chi connectivity index (χ1v) is 8.29. The van der Waals surface area contributed by atoms with Crippen LogP contribution < -0.4 is 9.47 Å². The number of aliphatic carboxylic acids is 1. The maximum absolute atomic E-state index is 12.9. The van der Waals surface area contributed by atoms with Gasteiger partial charge in [0.15, 0.2) is 11.5 Å². The Bertz CT molecular complexity index is 719. The van der Waals surface area contributed by atoms with Crippen molar-refractivity contribution in [1.82, 2.24) is 4.90 Å². The van der Waals surface area contributed by atoms with Crippen molar-refractivity contribution in [2.45, 2.75) is 20.3 Å². The number of nitro groups is 1. The molecule has 26 heavy (non-hydrogen) atoms. The fourth-order valence-electron chi connectivity index (χ4n) is 3.17. The molecule has 1 amide bonds. The summed E-state index contributed by atoms with van der Waals surface area (Å²) in [6.45, 7) is 4.22. The molecule has 2 rings (SSSR count). The summed E-state index contributed by atoms with van der Waals surface area (Å²) in [6, 6.07) is 2.44. The van der Waals surface area contributed by atoms with E-state index in [1.165, 1.54) is 18.1 Å². The molecule has 1 fully saturated rings. The van der Waals surface area contributed by atoms with E-state index >= 15 is 0 Å². The van der Waals surface area contributed by atoms with E-state index in [-0.39, 0.29) is 36.1 Å². The molecule has 9 nitrogen and oxygen atoms in total. The highest BCUT2D eigenvalue weighted by molar-refractivity contribution is 5.99. The monoisotopic (exact) mass is 366 g/mol. The number of ether oxygens (including phenoxy) is 2. The molecule has 1 aliphatic rings. The normalized spacial score (nSPS) is 19.7. The largest absolute Gasteiger partial charge is 0.493 e. The number of hydrogen-bond acceptors (Lipinski definition) is 6. The van der Waals surface area contributed by atoms with E-state index in [1.54, 1.807) is 6.92 Å². The van der Waals surface area contributed by atoms with Gasteiger partial charge in [0.25, 0.3) is 11.6 Å². The number of methoxy groups -OCH3 is 1. The van der Waals surface area contributed by atoms with Crippen LogP contribution in [0.15, 0.2) is 12.1 Å². The smallest absolute Gasteiger partial charge is 0.308 e. The van der Waals surface area contributed by atoms with Crippen molar-refractivity contribution in [2.75, 3.05) is 26.8 Å². The minimum Gasteiger partial charge on any atom is -0.493 e. The third-order valence-electron chi connectivity index (χ3n) is 4.31. The van der Waals surface area contributed by atoms with Crippen LogP contribution in [0.2, 0.25) is 0 Å². The lowest BCUT2D eigenvalue weighted by atomic mass is 9.90. The van der Waals surface area contributed by atoms with E-state index in [0.717, 1.165) is 6.07 Å². The molecule has 1 heterocycles. The van der Waals surface area contributed by atoms with Gasteiger partial charge in [0.1, 0.15) is 5.56 Å². The number of carbonyl (C=O) groups excluding carboxylic acids is 1. The molecule has 0 bridgehead atoms. The Morgan fingerprint density at radius 3 is 2.58 bits per heavy atom. The molecule has 2 unspecified atom stereocenters. The number of piperidine rings is 1. The van der Waals surface area contributed by atoms with Gasteiger partial charge in [-0.25, -0.2) is 0 Å². The number of hydrogen-bond donors (Lipinski definition) is 1. The quantitative estimate of drug-likeness (QED) is 0.605. The molecule has 1 aromatic carbocycles. The van der Waals surface area contributed by atoms with Crippen molar-refractivity contribution < 1.29 is 29.1 Å². The van der Waals surface area contributed by atoms with Crippen molar-refractivity contribution in [1.29, 1.82) is 0 Å². The number of nitro benzene ring substituents is 1. The molecule has 9 heteroatoms. The topological polar surface area (TPSA) is 119 Å². The molecule has 1 aliphatic heterocycles. The predicted octanol–water partition coefficient (Wildman–Crippen LogP) is 2.18. The first-order chi connectivity index (χ1) is 12.3. The average Bonchev–Trinajstić information content (AvgIpc) is 2.60. The number of carbonyl (C=O) groups is 2. The van der Waals surface area contributed by atoms with Crippen LogP contribution in [0.25, 0.3) is 0 Å². The van der Waals surface area contributed by atoms with Crippen LogP contribution in [0.5, 0.6) is 11.5 Å². The molecule has 1 saturated heterocycles. The lowest BCUT2D eigenvalue weighted by Gasteiger charge is -2.34. The van der Waals surface area contributed by atoms with E-state index < -0.39 is 28.4 Å². The van der Waals surface area contributed by atoms with Gasteiger partial charge in [-0.15, -0.1) is 0 Å². The summed E-state index contributed by atoms with van der Waals surface area (Å²) in [5, 5.41) is 20.7. The molecule has 0 radical (unpaired) electrons. The van der Waals surface area contributed by atoms with E-state index in [1.807, 2.05) is 6.92 Å². The van der Waals surface area contributed by atoms with E-state index in [4.69, 9.17) is 9.47 Å². The molecule has 0 aliphatic carbocycles. The van der Waals surface area contributed by atoms with Crippen LogP contribution in [0.1, 0.15) is 30.6 Å². The third kappa shape index (κ3) is 4.04. The van der Waals surface area contributed by atoms with Crippen LogP contribution in [0, 0.1) is 22.0 Å². The molecule has 2 atom stereocenters. The van der Waals surface area contributed by atoms with Gasteiger partial charge in [-0.2, -0.15) is 0 Å². The highest BCUT2D eigenvalue weighted by Gasteiger charge is 2.35. The van der Waals surface area contributed by atoms with Gasteiger partial charge in [-0.3, -0.25) is 19.7 Å². The van der Waals surface area contributed by atoms with Crippen molar-refractivity contribution in [3.8, 4) is 11.5 Å². The summed E-state index contributed by atoms with van der Waals surface area (Å²) in [6.07, 6.45) is 0.466. The maximum Gasteiger partial charge on any atom is 0.308 e. The van der Waals surface area contributed by atoms with Gasteiger partial charge >= 0.3 is 5.97 Å². The Labute approximate surface area is 150 Å². The number of carboxylic acid groups (broad SMARTS) is 1. The zero-order valence-corrected chi connectivity index (χ0v) is 14.9. The lowest BCUT2D eigenvalue weighted by molar-refractivity contribution is -0.385. The fraction of sp³-hybridized carbons (Fsp3) is 0.529. The van der Waals surface area contributed by atoms with Gasteiger partial charge in [0.05, 0.1) is 30.6 Å². The highest BCUT2D eigenvalue weighted by Crippen LogP contribution is 2.36. The summed E-state index contributed by atoms with van der Waals surface area (Å²) < 4.78 is 10.5. The molecule has 1 aromatic rings. The standard InChI is InChI=1S/C17H22N2O7/c1-4-26-15-7-13(19(23)24)12(6-14(15)25-3)16(20)18-8-10(2)5-11(9-18)17(21)22/h6-7,10-11H,4-5,8-9H2,1-3H3,(H,21,22). The van der Waals surface area contributed by atoms with Crippen LogP contribution in [-0.4, -0.2) is 53.6 Å². The second kappa shape index (κ2) is 8.03. The highest BCUT2D eigenvalue weighted by atomic mass is 16.6. The minimum atomic E-state index is -0.979. The van der Waals surface area contributed by atoms with Crippen molar-refractivity contribution in [3.63, 3.8) is 0 Å². The SMILES string of the molecule is CCOc1cc([N+](=O)[O-])c(C(=O)N2CC(C)CC(C(=O)O)C2)cc1OC. The van der Waals surface area contributed by atoms with Gasteiger partial charge < -0.3 is 19.5 Å². The Kier molecular flexibility index (Phi) is 6.01. The first-order valence-electron chi connectivity index (χ1n) is 8.29. The molecule has 0 spiro atoms. The number of rotatable bonds is 6. The molecular formula is C17H22N2O7. The summed E-state index contributed by atoms with van der Waals surface area (Å²) >= 11 is 0. The van der Waals surface area contributed by atoms with Crippen molar-refractivity contribution in [3.05, 3.63) is 27.8 Å². The lowest BCUT2D eigenvalue weighted by Crippen LogP contribution is -2.45. The van der Waals surface area contributed by atoms with Crippen LogP contribution in [0.4, 0.5) is 5.69 Å². The summed E-state index contributed by atoms with van der Waals surface area (Å²) in [5.74, 6) is -1.89. The predicted molar refractivity (Wildman–Crippen MR) is 91.6 cm³/mol. The summed E-state index contributed by atoms with van der Waals surface area (Å²) in [5.41, 5.74) is -0.544. The second-order valence-electron chi connectivity index (χ2n) is 6.30. The number of amides is 1. The number of nitrogens with zero attached hydrogens (tertiary/aromatic N) is 2. The summed E-state index contributed by atoms with van der Waals surface area (Å²) in [7, 11) is 1.38. The first kappa shape index (κ1) is 19.5. The van der Waals surface area contributed by atoms with Crippen LogP contribution in [-0.2, 0) is 4.79 Å². The molecule has 0 saturated carbocycles. The van der Waals surface area contributed by atoms with Crippen LogP contribution >= 0.6 is 0 Å². The van der Waals surface area contributed by atoms with Gasteiger partial charge in [0.2, 0.25) is 0 Å². The van der Waals surface area contributed by atoms with Gasteiger partial charge in [-0.1, -0.05) is 6.92 Å². The van der Waals surface area contributed by atoms with Crippen molar-refractivity contribution >= 4 is 17.6 Å². The zero-order valence-electron chi connectivity index (χ0n) is 14.9. The Morgan fingerprint density at radius 1 is 1.35 bits per heavy atom. The molecule has 1 N–H and O–H groups in total. The zero-order chi connectivity index (χ0) is 19.4. The van der Waals surface area contributed by atoms with E-state index in [0.29, 0.717) is 13.0 Å². The van der Waals surface area contributed by atoms with Gasteiger partial charge in [-0.05, 0) is 19.3 Å². The third-order valence-corrected chi connectivity index (χ3v) is 4.31. The Hall–Kier alpha value is -2.84. The van der Waals surface area contributed by atoms with Gasteiger partial charge in [0, 0.05) is 19.2 Å². The van der Waals surface area contributed by atoms with Crippen LogP contribution in [0.3, 0.4) is 0 Å². The van der Waals surface area contributed by atoms with E-state index in [2.05, 4.69) is 0 Å². The average molecular weight is 366 g/mol. The molecular weight excluding hydrogens is 344 g/mol. The molecule has 0 aromatic heterocycles. The number of carboxylic acids is 1. The maximum atomic E-state index is 12.9. The number of likely N-dealkylation sites (tertiary alicyclic amines) is 1. The minimum absolute atomic E-state index is 0.0163. The van der Waals surface area contributed by atoms with E-state index in [9.17, 15) is 24.8 Å². The fourth-order valence-corrected chi connectivity index (χ4v) is 3.17. The Balaban J connectivity index is 2.43. The summed E-state index contributed by atoms with van der Waals surface area (Å²) in [4.78, 5) is 36.4. The Morgan fingerprint density at radius 2 is 2.04 bits per heavy atom.